The average Bonchev–Trinajstić information content (AvgIpc) is 2.36. The maximum atomic E-state index is 13.7. The molecule has 3 N–H and O–H groups in total. The van der Waals surface area contributed by atoms with Crippen molar-refractivity contribution in [2.75, 3.05) is 6.61 Å². The van der Waals surface area contributed by atoms with Crippen LogP contribution in [-0.2, 0) is 11.3 Å². The van der Waals surface area contributed by atoms with E-state index in [1.807, 2.05) is 5.43 Å². The molecule has 2 amide bonds. The van der Waals surface area contributed by atoms with Gasteiger partial charge in [-0.15, -0.1) is 0 Å². The van der Waals surface area contributed by atoms with Gasteiger partial charge < -0.3 is 10.5 Å². The fourth-order valence-electron chi connectivity index (χ4n) is 1.36. The Kier molecular flexibility index (Phi) is 6.52. The summed E-state index contributed by atoms with van der Waals surface area (Å²) in [5, 5.41) is 3.55. The predicted molar refractivity (Wildman–Crippen MR) is 71.3 cm³/mol. The molecule has 0 saturated carbocycles. The number of primary amides is 1. The second-order valence-electron chi connectivity index (χ2n) is 3.99. The molecule has 0 bridgehead atoms. The summed E-state index contributed by atoms with van der Waals surface area (Å²) in [7, 11) is 0. The molecule has 0 spiro atoms. The van der Waals surface area contributed by atoms with Crippen LogP contribution in [0.25, 0.3) is 0 Å². The molecule has 0 aliphatic rings. The Morgan fingerprint density at radius 2 is 2.37 bits per heavy atom. The minimum absolute atomic E-state index is 0.253. The first-order valence-corrected chi connectivity index (χ1v) is 6.08. The quantitative estimate of drug-likeness (QED) is 0.451. The van der Waals surface area contributed by atoms with E-state index in [9.17, 15) is 9.18 Å². The first kappa shape index (κ1) is 15.1. The fraction of sp³-hybridized carbons (Fsp3) is 0.385. The number of benzene rings is 1. The second kappa shape index (κ2) is 8.20. The molecule has 0 aromatic heterocycles. The van der Waals surface area contributed by atoms with Crippen LogP contribution in [0.4, 0.5) is 9.18 Å². The molecule has 0 fully saturated rings. The van der Waals surface area contributed by atoms with E-state index in [1.54, 1.807) is 12.1 Å². The number of ether oxygens (including phenoxy) is 1. The zero-order chi connectivity index (χ0) is 14.1. The standard InChI is InChI=1S/C13H18FN3O2/c1-2-3-6-19-9-11-5-4-10(7-12(11)14)8-16-17-13(15)18/h4-5,7-8H,2-3,6,9H2,1H3,(H3,15,17,18). The van der Waals surface area contributed by atoms with Gasteiger partial charge in [-0.25, -0.2) is 14.6 Å². The molecule has 1 rings (SSSR count). The van der Waals surface area contributed by atoms with Gasteiger partial charge in [0.05, 0.1) is 12.8 Å². The third-order valence-electron chi connectivity index (χ3n) is 2.37. The number of amides is 2. The van der Waals surface area contributed by atoms with Crippen molar-refractivity contribution in [3.8, 4) is 0 Å². The summed E-state index contributed by atoms with van der Waals surface area (Å²) < 4.78 is 19.0. The van der Waals surface area contributed by atoms with Crippen molar-refractivity contribution < 1.29 is 13.9 Å². The van der Waals surface area contributed by atoms with Gasteiger partial charge in [-0.3, -0.25) is 0 Å². The molecule has 0 unspecified atom stereocenters. The van der Waals surface area contributed by atoms with Crippen LogP contribution in [0.1, 0.15) is 30.9 Å². The maximum Gasteiger partial charge on any atom is 0.332 e. The van der Waals surface area contributed by atoms with E-state index in [-0.39, 0.29) is 12.4 Å². The van der Waals surface area contributed by atoms with E-state index in [4.69, 9.17) is 10.5 Å². The van der Waals surface area contributed by atoms with Gasteiger partial charge in [-0.2, -0.15) is 5.10 Å². The second-order valence-corrected chi connectivity index (χ2v) is 3.99. The van der Waals surface area contributed by atoms with Crippen LogP contribution in [-0.4, -0.2) is 18.9 Å². The molecule has 1 aromatic carbocycles. The molecule has 1 aromatic rings. The normalized spacial score (nSPS) is 10.8. The summed E-state index contributed by atoms with van der Waals surface area (Å²) in [4.78, 5) is 10.4. The van der Waals surface area contributed by atoms with Gasteiger partial charge in [0.15, 0.2) is 0 Å². The highest BCUT2D eigenvalue weighted by Crippen LogP contribution is 2.11. The lowest BCUT2D eigenvalue weighted by Gasteiger charge is -2.05. The number of hydrazone groups is 1. The SMILES string of the molecule is CCCCOCc1ccc(C=NNC(N)=O)cc1F. The number of nitrogens with two attached hydrogens (primary N) is 1. The third-order valence-corrected chi connectivity index (χ3v) is 2.37. The van der Waals surface area contributed by atoms with Crippen LogP contribution in [0, 0.1) is 5.82 Å². The lowest BCUT2D eigenvalue weighted by atomic mass is 10.1. The number of carbonyl (C=O) groups excluding carboxylic acids is 1. The number of nitrogens with one attached hydrogen (secondary N) is 1. The number of rotatable bonds is 7. The summed E-state index contributed by atoms with van der Waals surface area (Å²) in [5.74, 6) is -0.362. The van der Waals surface area contributed by atoms with Crippen molar-refractivity contribution in [2.45, 2.75) is 26.4 Å². The van der Waals surface area contributed by atoms with Crippen molar-refractivity contribution >= 4 is 12.2 Å². The van der Waals surface area contributed by atoms with Crippen molar-refractivity contribution in [3.63, 3.8) is 0 Å². The van der Waals surface area contributed by atoms with Gasteiger partial charge in [0.1, 0.15) is 5.82 Å². The summed E-state index contributed by atoms with van der Waals surface area (Å²) in [5.41, 5.74) is 7.90. The van der Waals surface area contributed by atoms with Crippen molar-refractivity contribution in [1.29, 1.82) is 0 Å². The lowest BCUT2D eigenvalue weighted by Crippen LogP contribution is -2.24. The van der Waals surface area contributed by atoms with Crippen LogP contribution < -0.4 is 11.2 Å². The highest BCUT2D eigenvalue weighted by molar-refractivity contribution is 5.81. The van der Waals surface area contributed by atoms with E-state index < -0.39 is 6.03 Å². The Balaban J connectivity index is 2.54. The van der Waals surface area contributed by atoms with E-state index in [0.717, 1.165) is 12.8 Å². The molecule has 0 saturated heterocycles. The third kappa shape index (κ3) is 5.96. The van der Waals surface area contributed by atoms with E-state index in [1.165, 1.54) is 12.3 Å². The predicted octanol–water partition coefficient (Wildman–Crippen LogP) is 2.14. The molecule has 104 valence electrons. The van der Waals surface area contributed by atoms with Gasteiger partial charge in [0, 0.05) is 12.2 Å². The van der Waals surface area contributed by atoms with Gasteiger partial charge >= 0.3 is 6.03 Å². The molecule has 5 nitrogen and oxygen atoms in total. The largest absolute Gasteiger partial charge is 0.377 e. The fourth-order valence-corrected chi connectivity index (χ4v) is 1.36. The smallest absolute Gasteiger partial charge is 0.332 e. The summed E-state index contributed by atoms with van der Waals surface area (Å²) in [6.45, 7) is 2.95. The molecular weight excluding hydrogens is 249 g/mol. The number of unbranched alkanes of at least 4 members (excludes halogenated alkanes) is 1. The zero-order valence-electron chi connectivity index (χ0n) is 10.9. The number of nitrogens with zero attached hydrogens (tertiary/aromatic N) is 1. The molecular formula is C13H18FN3O2. The topological polar surface area (TPSA) is 76.7 Å². The van der Waals surface area contributed by atoms with Crippen LogP contribution >= 0.6 is 0 Å². The molecule has 19 heavy (non-hydrogen) atoms. The van der Waals surface area contributed by atoms with Crippen molar-refractivity contribution in [3.05, 3.63) is 35.1 Å². The van der Waals surface area contributed by atoms with Crippen LogP contribution in [0.3, 0.4) is 0 Å². The first-order valence-electron chi connectivity index (χ1n) is 6.08. The average molecular weight is 267 g/mol. The molecule has 0 aliphatic heterocycles. The molecule has 6 heteroatoms. The minimum atomic E-state index is -0.766. The number of carbonyl (C=O) groups is 1. The Morgan fingerprint density at radius 1 is 1.58 bits per heavy atom. The van der Waals surface area contributed by atoms with E-state index in [0.29, 0.717) is 17.7 Å². The van der Waals surface area contributed by atoms with Crippen LogP contribution in [0.15, 0.2) is 23.3 Å². The Hall–Kier alpha value is -1.95. The number of halogens is 1. The summed E-state index contributed by atoms with van der Waals surface area (Å²) >= 11 is 0. The van der Waals surface area contributed by atoms with E-state index >= 15 is 0 Å². The van der Waals surface area contributed by atoms with Gasteiger partial charge in [0.25, 0.3) is 0 Å². The van der Waals surface area contributed by atoms with Gasteiger partial charge in [-0.05, 0) is 18.1 Å². The summed E-state index contributed by atoms with van der Waals surface area (Å²) in [6, 6.07) is 3.88. The molecule has 0 atom stereocenters. The van der Waals surface area contributed by atoms with Crippen LogP contribution in [0.2, 0.25) is 0 Å². The Labute approximate surface area is 111 Å². The first-order chi connectivity index (χ1) is 9.13. The summed E-state index contributed by atoms with van der Waals surface area (Å²) in [6.07, 6.45) is 3.32. The monoisotopic (exact) mass is 267 g/mol. The Bertz CT molecular complexity index is 450. The van der Waals surface area contributed by atoms with E-state index in [2.05, 4.69) is 12.0 Å². The zero-order valence-corrected chi connectivity index (χ0v) is 10.9. The number of hydrogen-bond donors (Lipinski definition) is 2. The molecule has 0 aliphatic carbocycles. The Morgan fingerprint density at radius 3 is 3.00 bits per heavy atom. The van der Waals surface area contributed by atoms with Gasteiger partial charge in [0.2, 0.25) is 0 Å². The highest BCUT2D eigenvalue weighted by atomic mass is 19.1. The van der Waals surface area contributed by atoms with Gasteiger partial charge in [-0.1, -0.05) is 25.5 Å². The highest BCUT2D eigenvalue weighted by Gasteiger charge is 2.03. The number of hydrogen-bond acceptors (Lipinski definition) is 3. The lowest BCUT2D eigenvalue weighted by molar-refractivity contribution is 0.116. The minimum Gasteiger partial charge on any atom is -0.377 e. The maximum absolute atomic E-state index is 13.7. The molecule has 0 radical (unpaired) electrons. The van der Waals surface area contributed by atoms with Crippen LogP contribution in [0.5, 0.6) is 0 Å². The number of urea groups is 1. The molecule has 0 heterocycles. The van der Waals surface area contributed by atoms with Crippen molar-refractivity contribution in [1.82, 2.24) is 5.43 Å². The van der Waals surface area contributed by atoms with Crippen molar-refractivity contribution in [2.24, 2.45) is 10.8 Å².